The maximum Gasteiger partial charge on any atom is 0.0482 e. The van der Waals surface area contributed by atoms with E-state index in [0.29, 0.717) is 12.0 Å². The standard InChI is InChI=1S/C14H23BrN2S/c1-3-17-7-5-4-6-11(9-16)14(17)13-8-12(15)10(2)18-13/h8,11,14H,3-7,9,16H2,1-2H3. The second kappa shape index (κ2) is 6.51. The van der Waals surface area contributed by atoms with Crippen molar-refractivity contribution in [3.8, 4) is 0 Å². The van der Waals surface area contributed by atoms with Gasteiger partial charge in [-0.2, -0.15) is 0 Å². The number of rotatable bonds is 3. The molecule has 0 saturated carbocycles. The van der Waals surface area contributed by atoms with Crippen LogP contribution in [-0.4, -0.2) is 24.5 Å². The number of likely N-dealkylation sites (tertiary alicyclic amines) is 1. The third kappa shape index (κ3) is 2.98. The summed E-state index contributed by atoms with van der Waals surface area (Å²) in [5, 5.41) is 0. The van der Waals surface area contributed by atoms with Crippen molar-refractivity contribution < 1.29 is 0 Å². The third-order valence-corrected chi connectivity index (χ3v) is 6.19. The van der Waals surface area contributed by atoms with Crippen LogP contribution >= 0.6 is 27.3 Å². The highest BCUT2D eigenvalue weighted by Gasteiger charge is 2.30. The Kier molecular flexibility index (Phi) is 5.24. The normalized spacial score (nSPS) is 26.2. The van der Waals surface area contributed by atoms with Crippen LogP contribution in [0.15, 0.2) is 10.5 Å². The predicted octanol–water partition coefficient (Wildman–Crippen LogP) is 3.94. The van der Waals surface area contributed by atoms with E-state index >= 15 is 0 Å². The minimum absolute atomic E-state index is 0.525. The van der Waals surface area contributed by atoms with Crippen molar-refractivity contribution in [2.45, 2.75) is 39.2 Å². The lowest BCUT2D eigenvalue weighted by atomic mass is 9.93. The molecule has 1 aliphatic rings. The van der Waals surface area contributed by atoms with Crippen LogP contribution in [0.2, 0.25) is 0 Å². The summed E-state index contributed by atoms with van der Waals surface area (Å²) in [6.45, 7) is 7.59. The number of nitrogens with two attached hydrogens (primary N) is 1. The molecule has 4 heteroatoms. The largest absolute Gasteiger partial charge is 0.330 e. The first-order valence-corrected chi connectivity index (χ1v) is 8.48. The highest BCUT2D eigenvalue weighted by molar-refractivity contribution is 9.10. The number of nitrogens with zero attached hydrogens (tertiary/aromatic N) is 1. The van der Waals surface area contributed by atoms with Crippen LogP contribution < -0.4 is 5.73 Å². The summed E-state index contributed by atoms with van der Waals surface area (Å²) in [6.07, 6.45) is 3.90. The molecule has 1 fully saturated rings. The number of hydrogen-bond acceptors (Lipinski definition) is 3. The summed E-state index contributed by atoms with van der Waals surface area (Å²) in [4.78, 5) is 5.47. The molecular formula is C14H23BrN2S. The molecule has 0 amide bonds. The maximum absolute atomic E-state index is 6.03. The van der Waals surface area contributed by atoms with Crippen LogP contribution in [0.5, 0.6) is 0 Å². The topological polar surface area (TPSA) is 29.3 Å². The van der Waals surface area contributed by atoms with Gasteiger partial charge in [-0.1, -0.05) is 13.3 Å². The SMILES string of the molecule is CCN1CCCCC(CN)C1c1cc(Br)c(C)s1. The van der Waals surface area contributed by atoms with E-state index in [0.717, 1.165) is 13.1 Å². The number of hydrogen-bond donors (Lipinski definition) is 1. The molecule has 1 aromatic rings. The molecule has 1 aliphatic heterocycles. The van der Waals surface area contributed by atoms with E-state index in [9.17, 15) is 0 Å². The molecule has 2 heterocycles. The zero-order valence-corrected chi connectivity index (χ0v) is 13.7. The van der Waals surface area contributed by atoms with Gasteiger partial charge in [-0.3, -0.25) is 4.90 Å². The Hall–Kier alpha value is 0.1000. The van der Waals surface area contributed by atoms with Gasteiger partial charge in [0.25, 0.3) is 0 Å². The van der Waals surface area contributed by atoms with Crippen molar-refractivity contribution in [2.75, 3.05) is 19.6 Å². The van der Waals surface area contributed by atoms with E-state index in [2.05, 4.69) is 40.7 Å². The van der Waals surface area contributed by atoms with Gasteiger partial charge in [-0.25, -0.2) is 0 Å². The molecule has 1 saturated heterocycles. The van der Waals surface area contributed by atoms with Gasteiger partial charge in [-0.15, -0.1) is 11.3 Å². The molecule has 102 valence electrons. The second-order valence-corrected chi connectivity index (χ2v) is 7.26. The lowest BCUT2D eigenvalue weighted by molar-refractivity contribution is 0.169. The molecule has 2 nitrogen and oxygen atoms in total. The first-order valence-electron chi connectivity index (χ1n) is 6.87. The Morgan fingerprint density at radius 2 is 2.28 bits per heavy atom. The molecule has 1 aromatic heterocycles. The van der Waals surface area contributed by atoms with Gasteiger partial charge in [0.05, 0.1) is 0 Å². The highest BCUT2D eigenvalue weighted by atomic mass is 79.9. The first-order chi connectivity index (χ1) is 8.67. The van der Waals surface area contributed by atoms with E-state index in [-0.39, 0.29) is 0 Å². The molecule has 0 spiro atoms. The monoisotopic (exact) mass is 330 g/mol. The zero-order chi connectivity index (χ0) is 13.1. The van der Waals surface area contributed by atoms with Gasteiger partial charge >= 0.3 is 0 Å². The fourth-order valence-electron chi connectivity index (χ4n) is 2.96. The van der Waals surface area contributed by atoms with Gasteiger partial charge in [0.2, 0.25) is 0 Å². The van der Waals surface area contributed by atoms with Crippen molar-refractivity contribution in [1.29, 1.82) is 0 Å². The van der Waals surface area contributed by atoms with E-state index < -0.39 is 0 Å². The molecule has 0 aliphatic carbocycles. The zero-order valence-electron chi connectivity index (χ0n) is 11.3. The summed E-state index contributed by atoms with van der Waals surface area (Å²) in [5.41, 5.74) is 6.03. The summed E-state index contributed by atoms with van der Waals surface area (Å²) in [5.74, 6) is 0.609. The van der Waals surface area contributed by atoms with Crippen molar-refractivity contribution in [1.82, 2.24) is 4.90 Å². The number of thiophene rings is 1. The summed E-state index contributed by atoms with van der Waals surface area (Å²) < 4.78 is 1.25. The highest BCUT2D eigenvalue weighted by Crippen LogP contribution is 2.40. The minimum atomic E-state index is 0.525. The Bertz CT molecular complexity index is 358. The first kappa shape index (κ1) is 14.5. The van der Waals surface area contributed by atoms with Crippen molar-refractivity contribution in [3.05, 3.63) is 20.3 Å². The molecule has 2 atom stereocenters. The fourth-order valence-corrected chi connectivity index (χ4v) is 4.75. The second-order valence-electron chi connectivity index (χ2n) is 5.12. The van der Waals surface area contributed by atoms with Gasteiger partial charge in [-0.05, 0) is 67.3 Å². The smallest absolute Gasteiger partial charge is 0.0482 e. The van der Waals surface area contributed by atoms with Crippen molar-refractivity contribution in [2.24, 2.45) is 11.7 Å². The summed E-state index contributed by atoms with van der Waals surface area (Å²) in [6, 6.07) is 2.83. The maximum atomic E-state index is 6.03. The van der Waals surface area contributed by atoms with Crippen molar-refractivity contribution in [3.63, 3.8) is 0 Å². The van der Waals surface area contributed by atoms with Gasteiger partial charge in [0.1, 0.15) is 0 Å². The van der Waals surface area contributed by atoms with Crippen LogP contribution in [-0.2, 0) is 0 Å². The molecule has 0 aromatic carbocycles. The molecule has 18 heavy (non-hydrogen) atoms. The molecule has 0 radical (unpaired) electrons. The molecule has 2 unspecified atom stereocenters. The van der Waals surface area contributed by atoms with Gasteiger partial charge in [0, 0.05) is 20.3 Å². The van der Waals surface area contributed by atoms with Crippen LogP contribution in [0.1, 0.15) is 42.0 Å². The van der Waals surface area contributed by atoms with Crippen LogP contribution in [0.3, 0.4) is 0 Å². The lowest BCUT2D eigenvalue weighted by Crippen LogP contribution is -2.35. The van der Waals surface area contributed by atoms with E-state index in [1.165, 1.54) is 40.0 Å². The minimum Gasteiger partial charge on any atom is -0.330 e. The van der Waals surface area contributed by atoms with Crippen molar-refractivity contribution >= 4 is 27.3 Å². The Labute approximate surface area is 123 Å². The Morgan fingerprint density at radius 3 is 2.83 bits per heavy atom. The number of aryl methyl sites for hydroxylation is 1. The van der Waals surface area contributed by atoms with Crippen LogP contribution in [0.4, 0.5) is 0 Å². The Balaban J connectivity index is 2.32. The molecule has 2 N–H and O–H groups in total. The molecule has 0 bridgehead atoms. The average molecular weight is 331 g/mol. The van der Waals surface area contributed by atoms with E-state index in [1.54, 1.807) is 0 Å². The average Bonchev–Trinajstić information content (AvgIpc) is 2.60. The van der Waals surface area contributed by atoms with Crippen LogP contribution in [0.25, 0.3) is 0 Å². The van der Waals surface area contributed by atoms with Gasteiger partial charge in [0.15, 0.2) is 0 Å². The quantitative estimate of drug-likeness (QED) is 0.909. The predicted molar refractivity (Wildman–Crippen MR) is 83.1 cm³/mol. The third-order valence-electron chi connectivity index (χ3n) is 3.99. The van der Waals surface area contributed by atoms with E-state index in [1.807, 2.05) is 11.3 Å². The summed E-state index contributed by atoms with van der Waals surface area (Å²) >= 11 is 5.57. The van der Waals surface area contributed by atoms with E-state index in [4.69, 9.17) is 5.73 Å². The fraction of sp³-hybridized carbons (Fsp3) is 0.714. The Morgan fingerprint density at radius 1 is 1.50 bits per heavy atom. The molecular weight excluding hydrogens is 308 g/mol. The number of halogens is 1. The summed E-state index contributed by atoms with van der Waals surface area (Å²) in [7, 11) is 0. The van der Waals surface area contributed by atoms with Crippen LogP contribution in [0, 0.1) is 12.8 Å². The lowest BCUT2D eigenvalue weighted by Gasteiger charge is -2.33. The van der Waals surface area contributed by atoms with Gasteiger partial charge < -0.3 is 5.73 Å². The molecule has 2 rings (SSSR count).